The summed E-state index contributed by atoms with van der Waals surface area (Å²) >= 11 is 3.59. The molecule has 3 fully saturated rings. The second-order valence-electron chi connectivity index (χ2n) is 20.3. The number of benzene rings is 6. The van der Waals surface area contributed by atoms with Gasteiger partial charge in [-0.15, -0.1) is 0 Å². The van der Waals surface area contributed by atoms with Gasteiger partial charge in [-0.2, -0.15) is 0 Å². The summed E-state index contributed by atoms with van der Waals surface area (Å²) in [7, 11) is -1.43. The van der Waals surface area contributed by atoms with Crippen LogP contribution in [0.15, 0.2) is 126 Å². The lowest BCUT2D eigenvalue weighted by Crippen LogP contribution is -2.41. The van der Waals surface area contributed by atoms with Crippen molar-refractivity contribution in [2.45, 2.75) is 117 Å². The van der Waals surface area contributed by atoms with Gasteiger partial charge >= 0.3 is 21.1 Å². The zero-order valence-electron chi connectivity index (χ0n) is 39.0. The molecule has 0 bridgehead atoms. The standard InChI is InChI=1S/C23H22BNO2.C17H10BrN.C12H24B2O4/c1-22(2)23(3,4)27-24(26-22)21-19-14-16-10-6-5-9-15(16)13-18(19)17-11-7-8-12-20(17)25-21;18-17-15-10-12-6-2-1-5-11(12)9-14(15)13-7-3-4-8-16(13)19-17;1-9(2)10(3,4)16-13(15-9)14-17-11(5,6)12(7,8)18-14/h5-14H,1-4H3;1-10H;1-8H3. The molecule has 64 heavy (non-hydrogen) atoms. The van der Waals surface area contributed by atoms with Crippen LogP contribution in [-0.2, 0) is 27.9 Å². The van der Waals surface area contributed by atoms with Crippen molar-refractivity contribution in [1.82, 2.24) is 9.97 Å². The second-order valence-corrected chi connectivity index (χ2v) is 21.0. The third-order valence-electron chi connectivity index (χ3n) is 14.4. The summed E-state index contributed by atoms with van der Waals surface area (Å²) in [4.78, 5) is 9.60. The molecule has 12 heteroatoms. The molecule has 8 nitrogen and oxygen atoms in total. The van der Waals surface area contributed by atoms with Crippen molar-refractivity contribution in [2.24, 2.45) is 0 Å². The first-order chi connectivity index (χ1) is 30.1. The van der Waals surface area contributed by atoms with Crippen LogP contribution in [0.3, 0.4) is 0 Å². The van der Waals surface area contributed by atoms with Crippen LogP contribution in [0.5, 0.6) is 0 Å². The summed E-state index contributed by atoms with van der Waals surface area (Å²) in [6.07, 6.45) is 0. The van der Waals surface area contributed by atoms with E-state index in [0.717, 1.165) is 37.4 Å². The number of nitrogens with zero attached hydrogens (tertiary/aromatic N) is 2. The van der Waals surface area contributed by atoms with Crippen LogP contribution in [0.4, 0.5) is 0 Å². The van der Waals surface area contributed by atoms with Gasteiger partial charge < -0.3 is 27.9 Å². The Kier molecular flexibility index (Phi) is 11.1. The zero-order chi connectivity index (χ0) is 45.6. The number of fused-ring (bicyclic) bond motifs is 8. The van der Waals surface area contributed by atoms with Gasteiger partial charge in [0.05, 0.1) is 50.2 Å². The molecule has 0 aliphatic carbocycles. The predicted octanol–water partition coefficient (Wildman–Crippen LogP) is 12.4. The molecule has 11 rings (SSSR count). The average Bonchev–Trinajstić information content (AvgIpc) is 3.71. The van der Waals surface area contributed by atoms with Crippen molar-refractivity contribution in [3.05, 3.63) is 126 Å². The zero-order valence-corrected chi connectivity index (χ0v) is 40.6. The minimum Gasteiger partial charge on any atom is -0.405 e. The largest absolute Gasteiger partial charge is 0.515 e. The molecule has 0 spiro atoms. The molecular formula is C52H56B3BrN2O6. The highest BCUT2D eigenvalue weighted by molar-refractivity contribution is 9.10. The van der Waals surface area contributed by atoms with Crippen molar-refractivity contribution >= 4 is 108 Å². The minimum absolute atomic E-state index is 0.360. The molecule has 6 aromatic carbocycles. The molecule has 3 aliphatic rings. The van der Waals surface area contributed by atoms with Gasteiger partial charge in [-0.3, -0.25) is 4.98 Å². The lowest BCUT2D eigenvalue weighted by molar-refractivity contribution is 0.00578. The van der Waals surface area contributed by atoms with Crippen molar-refractivity contribution < 1.29 is 27.9 Å². The third kappa shape index (κ3) is 7.93. The van der Waals surface area contributed by atoms with Gasteiger partial charge in [-0.05, 0) is 168 Å². The highest BCUT2D eigenvalue weighted by Crippen LogP contribution is 2.43. The molecule has 8 aromatic rings. The first-order valence-corrected chi connectivity index (χ1v) is 23.0. The fourth-order valence-corrected chi connectivity index (χ4v) is 8.92. The smallest absolute Gasteiger partial charge is 0.405 e. The number of aromatic nitrogens is 2. The Balaban J connectivity index is 0.000000125. The first kappa shape index (κ1) is 44.8. The highest BCUT2D eigenvalue weighted by Gasteiger charge is 2.63. The van der Waals surface area contributed by atoms with E-state index in [1.54, 1.807) is 0 Å². The molecule has 5 heterocycles. The van der Waals surface area contributed by atoms with E-state index in [2.05, 4.69) is 158 Å². The van der Waals surface area contributed by atoms with Crippen molar-refractivity contribution in [3.8, 4) is 0 Å². The molecular weight excluding hydrogens is 861 g/mol. The topological polar surface area (TPSA) is 81.2 Å². The monoisotopic (exact) mass is 916 g/mol. The van der Waals surface area contributed by atoms with E-state index < -0.39 is 32.3 Å². The molecule has 326 valence electrons. The molecule has 3 saturated heterocycles. The van der Waals surface area contributed by atoms with E-state index in [1.165, 1.54) is 37.7 Å². The highest BCUT2D eigenvalue weighted by atomic mass is 79.9. The van der Waals surface area contributed by atoms with Crippen molar-refractivity contribution in [1.29, 1.82) is 0 Å². The molecule has 0 radical (unpaired) electrons. The van der Waals surface area contributed by atoms with E-state index >= 15 is 0 Å². The summed E-state index contributed by atoms with van der Waals surface area (Å²) in [5.74, 6) is 0. The van der Waals surface area contributed by atoms with Crippen LogP contribution in [-0.4, -0.2) is 64.7 Å². The second kappa shape index (κ2) is 15.9. The van der Waals surface area contributed by atoms with E-state index in [0.29, 0.717) is 0 Å². The molecule has 0 saturated carbocycles. The van der Waals surface area contributed by atoms with Gasteiger partial charge in [0.2, 0.25) is 0 Å². The summed E-state index contributed by atoms with van der Waals surface area (Å²) in [5, 5.41) is 12.0. The Labute approximate surface area is 386 Å². The normalized spacial score (nSPS) is 20.2. The predicted molar refractivity (Wildman–Crippen MR) is 269 cm³/mol. The van der Waals surface area contributed by atoms with Gasteiger partial charge in [0.25, 0.3) is 0 Å². The third-order valence-corrected chi connectivity index (χ3v) is 15.0. The van der Waals surface area contributed by atoms with E-state index in [1.807, 2.05) is 67.5 Å². The van der Waals surface area contributed by atoms with Crippen LogP contribution in [0, 0.1) is 0 Å². The average molecular weight is 917 g/mol. The molecule has 0 N–H and O–H groups in total. The molecule has 0 amide bonds. The van der Waals surface area contributed by atoms with Gasteiger partial charge in [-0.25, -0.2) is 4.98 Å². The SMILES string of the molecule is Brc1nc2ccccc2c2cc3ccccc3cc12.CC1(C)OB(B2OC(C)(C)C(C)(C)O2)OC1(C)C.CC1(C)OB(c2nc3ccccc3c3cc4ccccc4cc23)OC1(C)C. The number of halogens is 1. The Bertz CT molecular complexity index is 3020. The Hall–Kier alpha value is -4.39. The van der Waals surface area contributed by atoms with Crippen LogP contribution in [0.2, 0.25) is 0 Å². The quantitative estimate of drug-likeness (QED) is 0.0734. The van der Waals surface area contributed by atoms with Crippen molar-refractivity contribution in [3.63, 3.8) is 0 Å². The maximum atomic E-state index is 6.33. The number of rotatable bonds is 2. The van der Waals surface area contributed by atoms with Crippen LogP contribution in [0.25, 0.3) is 64.9 Å². The molecule has 3 aliphatic heterocycles. The van der Waals surface area contributed by atoms with Crippen LogP contribution in [0.1, 0.15) is 83.1 Å². The number of para-hydroxylation sites is 2. The number of hydrogen-bond donors (Lipinski definition) is 0. The fourth-order valence-electron chi connectivity index (χ4n) is 8.40. The van der Waals surface area contributed by atoms with E-state index in [9.17, 15) is 0 Å². The lowest BCUT2D eigenvalue weighted by atomic mass is 9.49. The number of pyridine rings is 2. The van der Waals surface area contributed by atoms with Crippen LogP contribution >= 0.6 is 15.9 Å². The summed E-state index contributed by atoms with van der Waals surface area (Å²) < 4.78 is 37.4. The van der Waals surface area contributed by atoms with Crippen LogP contribution < -0.4 is 5.59 Å². The summed E-state index contributed by atoms with van der Waals surface area (Å²) in [6, 6.07) is 42.3. The van der Waals surface area contributed by atoms with E-state index in [-0.39, 0.29) is 22.4 Å². The number of hydrogen-bond acceptors (Lipinski definition) is 8. The van der Waals surface area contributed by atoms with Crippen molar-refractivity contribution in [2.75, 3.05) is 0 Å². The van der Waals surface area contributed by atoms with Gasteiger partial charge in [-0.1, -0.05) is 84.9 Å². The lowest BCUT2D eigenvalue weighted by Gasteiger charge is -2.32. The van der Waals surface area contributed by atoms with Gasteiger partial charge in [0, 0.05) is 21.5 Å². The Morgan fingerprint density at radius 3 is 1.09 bits per heavy atom. The van der Waals surface area contributed by atoms with E-state index in [4.69, 9.17) is 32.9 Å². The molecule has 0 unspecified atom stereocenters. The fraction of sp³-hybridized carbons (Fsp3) is 0.346. The molecule has 0 atom stereocenters. The molecule has 2 aromatic heterocycles. The maximum Gasteiger partial charge on any atom is 0.515 e. The maximum absolute atomic E-state index is 6.33. The Morgan fingerprint density at radius 2 is 0.672 bits per heavy atom. The summed E-state index contributed by atoms with van der Waals surface area (Å²) in [6.45, 7) is 24.5. The summed E-state index contributed by atoms with van der Waals surface area (Å²) in [5.41, 5.74) is 0.614. The Morgan fingerprint density at radius 1 is 0.359 bits per heavy atom. The minimum atomic E-state index is -0.483. The first-order valence-electron chi connectivity index (χ1n) is 22.2. The van der Waals surface area contributed by atoms with Gasteiger partial charge in [0.15, 0.2) is 0 Å². The van der Waals surface area contributed by atoms with Gasteiger partial charge in [0.1, 0.15) is 4.60 Å².